The van der Waals surface area contributed by atoms with Crippen LogP contribution in [0.3, 0.4) is 0 Å². The fraction of sp³-hybridized carbons (Fsp3) is 1.00. The van der Waals surface area contributed by atoms with E-state index in [0.717, 1.165) is 24.8 Å². The van der Waals surface area contributed by atoms with Crippen molar-refractivity contribution in [3.05, 3.63) is 0 Å². The first-order chi connectivity index (χ1) is 5.43. The van der Waals surface area contributed by atoms with Gasteiger partial charge in [0.25, 0.3) is 0 Å². The van der Waals surface area contributed by atoms with Gasteiger partial charge in [-0.25, -0.2) is 0 Å². The number of hydrogen-bond acceptors (Lipinski definition) is 3. The minimum absolute atomic E-state index is 0.310. The molecule has 0 aliphatic carbocycles. The molecule has 2 nitrogen and oxygen atoms in total. The molecule has 0 amide bonds. The van der Waals surface area contributed by atoms with Gasteiger partial charge in [-0.1, -0.05) is 0 Å². The zero-order valence-corrected chi connectivity index (χ0v) is 7.70. The largest absolute Gasteiger partial charge is 0.396 e. The van der Waals surface area contributed by atoms with E-state index >= 15 is 0 Å². The van der Waals surface area contributed by atoms with E-state index in [1.54, 1.807) is 0 Å². The highest BCUT2D eigenvalue weighted by Gasteiger charge is 2.13. The molecule has 0 aromatic rings. The summed E-state index contributed by atoms with van der Waals surface area (Å²) in [7, 11) is 0. The van der Waals surface area contributed by atoms with Crippen LogP contribution in [0.25, 0.3) is 0 Å². The number of nitrogens with one attached hydrogen (secondary N) is 1. The lowest BCUT2D eigenvalue weighted by atomic mass is 10.2. The van der Waals surface area contributed by atoms with Gasteiger partial charge in [0.2, 0.25) is 0 Å². The summed E-state index contributed by atoms with van der Waals surface area (Å²) in [5, 5.41) is 12.7. The first-order valence-corrected chi connectivity index (χ1v) is 5.41. The van der Waals surface area contributed by atoms with Crippen molar-refractivity contribution in [3.8, 4) is 0 Å². The maximum atomic E-state index is 8.51. The van der Waals surface area contributed by atoms with Gasteiger partial charge in [0.05, 0.1) is 0 Å². The number of aliphatic hydroxyl groups excluding tert-OH is 1. The molecule has 1 aliphatic heterocycles. The molecule has 0 saturated carbocycles. The molecule has 1 unspecified atom stereocenters. The lowest BCUT2D eigenvalue weighted by Crippen LogP contribution is -2.24. The number of aliphatic hydroxyl groups is 1. The highest BCUT2D eigenvalue weighted by atomic mass is 32.2. The predicted molar refractivity (Wildman–Crippen MR) is 50.1 cm³/mol. The minimum atomic E-state index is 0.310. The summed E-state index contributed by atoms with van der Waals surface area (Å²) in [5.41, 5.74) is 0. The van der Waals surface area contributed by atoms with Gasteiger partial charge in [-0.05, 0) is 31.6 Å². The fourth-order valence-corrected chi connectivity index (χ4v) is 2.51. The SMILES string of the molecule is OCCCNCC1CCCS1. The van der Waals surface area contributed by atoms with E-state index in [1.165, 1.54) is 18.6 Å². The molecule has 0 spiro atoms. The summed E-state index contributed by atoms with van der Waals surface area (Å²) in [4.78, 5) is 0. The highest BCUT2D eigenvalue weighted by Crippen LogP contribution is 2.24. The van der Waals surface area contributed by atoms with Crippen molar-refractivity contribution in [2.75, 3.05) is 25.4 Å². The van der Waals surface area contributed by atoms with E-state index in [2.05, 4.69) is 17.1 Å². The van der Waals surface area contributed by atoms with E-state index in [4.69, 9.17) is 5.11 Å². The Balaban J connectivity index is 1.86. The summed E-state index contributed by atoms with van der Waals surface area (Å²) in [6.45, 7) is 2.41. The van der Waals surface area contributed by atoms with E-state index in [1.807, 2.05) is 0 Å². The van der Waals surface area contributed by atoms with Crippen LogP contribution >= 0.6 is 11.8 Å². The van der Waals surface area contributed by atoms with E-state index in [-0.39, 0.29) is 0 Å². The summed E-state index contributed by atoms with van der Waals surface area (Å²) >= 11 is 2.08. The Bertz CT molecular complexity index is 94.1. The van der Waals surface area contributed by atoms with Crippen LogP contribution in [0.5, 0.6) is 0 Å². The fourth-order valence-electron chi connectivity index (χ4n) is 1.27. The second kappa shape index (κ2) is 5.86. The summed E-state index contributed by atoms with van der Waals surface area (Å²) in [5.74, 6) is 1.34. The van der Waals surface area contributed by atoms with Crippen LogP contribution in [0.15, 0.2) is 0 Å². The minimum Gasteiger partial charge on any atom is -0.396 e. The number of hydrogen-bond donors (Lipinski definition) is 2. The van der Waals surface area contributed by atoms with Crippen molar-refractivity contribution in [1.82, 2.24) is 5.32 Å². The molecule has 66 valence electrons. The lowest BCUT2D eigenvalue weighted by molar-refractivity contribution is 0.286. The van der Waals surface area contributed by atoms with Crippen molar-refractivity contribution < 1.29 is 5.11 Å². The summed E-state index contributed by atoms with van der Waals surface area (Å²) < 4.78 is 0. The molecule has 0 aromatic carbocycles. The van der Waals surface area contributed by atoms with Crippen molar-refractivity contribution in [3.63, 3.8) is 0 Å². The van der Waals surface area contributed by atoms with Crippen LogP contribution in [0.2, 0.25) is 0 Å². The first kappa shape index (κ1) is 9.36. The quantitative estimate of drug-likeness (QED) is 0.608. The molecule has 11 heavy (non-hydrogen) atoms. The van der Waals surface area contributed by atoms with Crippen LogP contribution in [0.4, 0.5) is 0 Å². The van der Waals surface area contributed by atoms with Crippen molar-refractivity contribution in [2.24, 2.45) is 0 Å². The average Bonchev–Trinajstić information content (AvgIpc) is 2.50. The van der Waals surface area contributed by atoms with E-state index < -0.39 is 0 Å². The number of thioether (sulfide) groups is 1. The summed E-state index contributed by atoms with van der Waals surface area (Å²) in [6, 6.07) is 0. The molecule has 3 heteroatoms. The predicted octanol–water partition coefficient (Wildman–Crippen LogP) is 0.854. The Labute approximate surface area is 72.8 Å². The molecular formula is C8H17NOS. The Hall–Kier alpha value is 0.270. The normalized spacial score (nSPS) is 24.3. The third kappa shape index (κ3) is 3.99. The van der Waals surface area contributed by atoms with Crippen LogP contribution in [0, 0.1) is 0 Å². The van der Waals surface area contributed by atoms with Crippen LogP contribution < -0.4 is 5.32 Å². The second-order valence-electron chi connectivity index (χ2n) is 2.92. The molecule has 1 rings (SSSR count). The molecule has 2 N–H and O–H groups in total. The van der Waals surface area contributed by atoms with Gasteiger partial charge in [-0.15, -0.1) is 0 Å². The topological polar surface area (TPSA) is 32.3 Å². The zero-order chi connectivity index (χ0) is 7.94. The maximum absolute atomic E-state index is 8.51. The van der Waals surface area contributed by atoms with E-state index in [9.17, 15) is 0 Å². The van der Waals surface area contributed by atoms with Crippen LogP contribution in [0.1, 0.15) is 19.3 Å². The standard InChI is InChI=1S/C8H17NOS/c10-5-2-4-9-7-8-3-1-6-11-8/h8-10H,1-7H2. The molecular weight excluding hydrogens is 158 g/mol. The molecule has 0 aromatic heterocycles. The van der Waals surface area contributed by atoms with Gasteiger partial charge in [0, 0.05) is 18.4 Å². The third-order valence-corrected chi connectivity index (χ3v) is 3.31. The molecule has 0 radical (unpaired) electrons. The summed E-state index contributed by atoms with van der Waals surface area (Å²) in [6.07, 6.45) is 3.64. The van der Waals surface area contributed by atoms with Crippen molar-refractivity contribution >= 4 is 11.8 Å². The smallest absolute Gasteiger partial charge is 0.0443 e. The number of rotatable bonds is 5. The average molecular weight is 175 g/mol. The van der Waals surface area contributed by atoms with Gasteiger partial charge in [-0.3, -0.25) is 0 Å². The molecule has 1 aliphatic rings. The van der Waals surface area contributed by atoms with Crippen LogP contribution in [-0.2, 0) is 0 Å². The Morgan fingerprint density at radius 2 is 2.45 bits per heavy atom. The molecule has 1 fully saturated rings. The van der Waals surface area contributed by atoms with Gasteiger partial charge in [0.1, 0.15) is 0 Å². The van der Waals surface area contributed by atoms with E-state index in [0.29, 0.717) is 6.61 Å². The van der Waals surface area contributed by atoms with Crippen molar-refractivity contribution in [2.45, 2.75) is 24.5 Å². The highest BCUT2D eigenvalue weighted by molar-refractivity contribution is 8.00. The Kier molecular flexibility index (Phi) is 4.99. The first-order valence-electron chi connectivity index (χ1n) is 4.36. The maximum Gasteiger partial charge on any atom is 0.0443 e. The monoisotopic (exact) mass is 175 g/mol. The third-order valence-electron chi connectivity index (χ3n) is 1.91. The molecule has 1 heterocycles. The van der Waals surface area contributed by atoms with Gasteiger partial charge in [-0.2, -0.15) is 11.8 Å². The van der Waals surface area contributed by atoms with Crippen LogP contribution in [-0.4, -0.2) is 35.8 Å². The van der Waals surface area contributed by atoms with Gasteiger partial charge in [0.15, 0.2) is 0 Å². The van der Waals surface area contributed by atoms with Gasteiger partial charge >= 0.3 is 0 Å². The van der Waals surface area contributed by atoms with Gasteiger partial charge < -0.3 is 10.4 Å². The molecule has 1 atom stereocenters. The second-order valence-corrected chi connectivity index (χ2v) is 4.32. The van der Waals surface area contributed by atoms with Crippen molar-refractivity contribution in [1.29, 1.82) is 0 Å². The molecule has 0 bridgehead atoms. The molecule has 1 saturated heterocycles. The lowest BCUT2D eigenvalue weighted by Gasteiger charge is -2.08. The Morgan fingerprint density at radius 1 is 1.55 bits per heavy atom. The Morgan fingerprint density at radius 3 is 3.09 bits per heavy atom. The zero-order valence-electron chi connectivity index (χ0n) is 6.88.